The number of alkyl halides is 3. The predicted octanol–water partition coefficient (Wildman–Crippen LogP) is 15.0. The van der Waals surface area contributed by atoms with Crippen LogP contribution in [0.25, 0.3) is 88.4 Å². The fourth-order valence-corrected chi connectivity index (χ4v) is 9.33. The molecule has 10 aromatic rings. The molecule has 0 saturated carbocycles. The zero-order valence-corrected chi connectivity index (χ0v) is 33.5. The summed E-state index contributed by atoms with van der Waals surface area (Å²) in [6, 6.07) is 53.1. The fraction of sp³-hybridized carbons (Fsp3) is 0.0926. The Balaban J connectivity index is 1.27. The third kappa shape index (κ3) is 6.05. The van der Waals surface area contributed by atoms with Crippen molar-refractivity contribution >= 4 is 43.6 Å². The summed E-state index contributed by atoms with van der Waals surface area (Å²) in [7, 11) is 0. The first-order chi connectivity index (χ1) is 29.0. The number of nitriles is 1. The van der Waals surface area contributed by atoms with Crippen LogP contribution in [0.1, 0.15) is 33.4 Å². The van der Waals surface area contributed by atoms with Crippen LogP contribution in [0, 0.1) is 39.0 Å². The van der Waals surface area contributed by atoms with Crippen molar-refractivity contribution in [2.24, 2.45) is 0 Å². The van der Waals surface area contributed by atoms with Gasteiger partial charge in [0.1, 0.15) is 0 Å². The van der Waals surface area contributed by atoms with Crippen LogP contribution in [0.5, 0.6) is 0 Å². The van der Waals surface area contributed by atoms with E-state index in [-0.39, 0.29) is 5.69 Å². The van der Waals surface area contributed by atoms with Crippen molar-refractivity contribution in [2.75, 3.05) is 0 Å². The van der Waals surface area contributed by atoms with Gasteiger partial charge in [0.05, 0.1) is 50.6 Å². The van der Waals surface area contributed by atoms with Crippen LogP contribution in [0.15, 0.2) is 158 Å². The highest BCUT2D eigenvalue weighted by atomic mass is 19.4. The summed E-state index contributed by atoms with van der Waals surface area (Å²) >= 11 is 0. The summed E-state index contributed by atoms with van der Waals surface area (Å²) in [5.74, 6) is 0. The van der Waals surface area contributed by atoms with Crippen LogP contribution >= 0.6 is 0 Å². The lowest BCUT2D eigenvalue weighted by molar-refractivity contribution is -0.137. The number of halogens is 3. The van der Waals surface area contributed by atoms with E-state index in [9.17, 15) is 5.26 Å². The molecule has 0 amide bonds. The molecule has 60 heavy (non-hydrogen) atoms. The van der Waals surface area contributed by atoms with Crippen molar-refractivity contribution in [2.45, 2.75) is 33.9 Å². The first kappa shape index (κ1) is 36.9. The van der Waals surface area contributed by atoms with Crippen LogP contribution in [0.4, 0.5) is 13.2 Å². The van der Waals surface area contributed by atoms with E-state index in [2.05, 4.69) is 105 Å². The Morgan fingerprint density at radius 3 is 1.47 bits per heavy atom. The van der Waals surface area contributed by atoms with E-state index in [1.165, 1.54) is 17.2 Å². The minimum atomic E-state index is -4.70. The average molecular weight is 786 g/mol. The summed E-state index contributed by atoms with van der Waals surface area (Å²) < 4.78 is 50.7. The van der Waals surface area contributed by atoms with Gasteiger partial charge >= 0.3 is 6.18 Å². The molecular weight excluding hydrogens is 748 g/mol. The molecule has 0 atom stereocenters. The van der Waals surface area contributed by atoms with Gasteiger partial charge in [0, 0.05) is 32.7 Å². The Hall–Kier alpha value is -7.36. The van der Waals surface area contributed by atoms with Crippen LogP contribution < -0.4 is 0 Å². The van der Waals surface area contributed by atoms with Gasteiger partial charge in [-0.2, -0.15) is 18.4 Å². The molecule has 0 aliphatic carbocycles. The van der Waals surface area contributed by atoms with Gasteiger partial charge < -0.3 is 9.13 Å². The minimum absolute atomic E-state index is 0.00422. The molecular formula is C54H38F3N3. The Labute approximate surface area is 345 Å². The van der Waals surface area contributed by atoms with Gasteiger partial charge in [0.2, 0.25) is 0 Å². The highest BCUT2D eigenvalue weighted by molar-refractivity contribution is 6.13. The van der Waals surface area contributed by atoms with Gasteiger partial charge in [-0.25, -0.2) is 0 Å². The normalized spacial score (nSPS) is 11.9. The largest absolute Gasteiger partial charge is 0.418 e. The van der Waals surface area contributed by atoms with E-state index in [4.69, 9.17) is 0 Å². The number of nitrogens with zero attached hydrogens (tertiary/aromatic N) is 3. The highest BCUT2D eigenvalue weighted by Crippen LogP contribution is 2.46. The third-order valence-electron chi connectivity index (χ3n) is 11.7. The number of rotatable bonds is 5. The van der Waals surface area contributed by atoms with Crippen LogP contribution in [-0.2, 0) is 6.18 Å². The van der Waals surface area contributed by atoms with Gasteiger partial charge in [0.25, 0.3) is 0 Å². The molecule has 0 spiro atoms. The predicted molar refractivity (Wildman–Crippen MR) is 240 cm³/mol. The zero-order valence-electron chi connectivity index (χ0n) is 33.5. The molecule has 0 N–H and O–H groups in total. The molecule has 6 heteroatoms. The SMILES string of the molecule is Cc1cc(C)cc(-c2ccc3c(c2)c2ccccc2n3-c2ccc(C#N)cc2-c2cccc(C(F)(F)F)c2-n2c3ccccc3c3cc(-c4cc(C)cc(C)c4)ccc32)c1. The van der Waals surface area contributed by atoms with Crippen molar-refractivity contribution in [1.82, 2.24) is 9.13 Å². The van der Waals surface area contributed by atoms with Crippen LogP contribution in [-0.4, -0.2) is 9.13 Å². The Morgan fingerprint density at radius 2 is 0.933 bits per heavy atom. The quantitative estimate of drug-likeness (QED) is 0.171. The van der Waals surface area contributed by atoms with Crippen molar-refractivity contribution in [3.05, 3.63) is 191 Å². The molecule has 0 aliphatic heterocycles. The average Bonchev–Trinajstić information content (AvgIpc) is 3.74. The van der Waals surface area contributed by atoms with Crippen LogP contribution in [0.2, 0.25) is 0 Å². The summed E-state index contributed by atoms with van der Waals surface area (Å²) in [5, 5.41) is 14.0. The smallest absolute Gasteiger partial charge is 0.309 e. The molecule has 10 rings (SSSR count). The van der Waals surface area contributed by atoms with Gasteiger partial charge in [-0.15, -0.1) is 0 Å². The fourth-order valence-electron chi connectivity index (χ4n) is 9.33. The van der Waals surface area contributed by atoms with Crippen molar-refractivity contribution in [1.29, 1.82) is 5.26 Å². The molecule has 8 aromatic carbocycles. The molecule has 3 nitrogen and oxygen atoms in total. The van der Waals surface area contributed by atoms with E-state index in [1.54, 1.807) is 22.8 Å². The third-order valence-corrected chi connectivity index (χ3v) is 11.7. The lowest BCUT2D eigenvalue weighted by Gasteiger charge is -2.22. The summed E-state index contributed by atoms with van der Waals surface area (Å²) in [6.45, 7) is 8.32. The maximum Gasteiger partial charge on any atom is 0.418 e. The first-order valence-electron chi connectivity index (χ1n) is 20.0. The van der Waals surface area contributed by atoms with Crippen LogP contribution in [0.3, 0.4) is 0 Å². The van der Waals surface area contributed by atoms with Crippen molar-refractivity contribution in [3.8, 4) is 50.8 Å². The maximum absolute atomic E-state index is 15.6. The lowest BCUT2D eigenvalue weighted by atomic mass is 9.95. The number of hydrogen-bond acceptors (Lipinski definition) is 1. The maximum atomic E-state index is 15.6. The number of aryl methyl sites for hydroxylation is 4. The second-order valence-corrected chi connectivity index (χ2v) is 16.0. The molecule has 0 aliphatic rings. The van der Waals surface area contributed by atoms with Gasteiger partial charge in [-0.05, 0) is 111 Å². The first-order valence-corrected chi connectivity index (χ1v) is 20.0. The minimum Gasteiger partial charge on any atom is -0.309 e. The Bertz CT molecular complexity index is 3390. The number of para-hydroxylation sites is 3. The highest BCUT2D eigenvalue weighted by Gasteiger charge is 2.36. The lowest BCUT2D eigenvalue weighted by Crippen LogP contribution is -2.12. The Morgan fingerprint density at radius 1 is 0.433 bits per heavy atom. The second kappa shape index (κ2) is 13.9. The molecule has 0 saturated heterocycles. The molecule has 0 radical (unpaired) electrons. The molecule has 290 valence electrons. The van der Waals surface area contributed by atoms with E-state index in [1.807, 2.05) is 60.7 Å². The van der Waals surface area contributed by atoms with Crippen molar-refractivity contribution < 1.29 is 13.2 Å². The molecule has 2 aromatic heterocycles. The van der Waals surface area contributed by atoms with E-state index < -0.39 is 11.7 Å². The molecule has 2 heterocycles. The molecule has 0 fully saturated rings. The summed E-state index contributed by atoms with van der Waals surface area (Å²) in [6.07, 6.45) is -4.70. The number of hydrogen-bond donors (Lipinski definition) is 0. The number of aromatic nitrogens is 2. The van der Waals surface area contributed by atoms with Gasteiger partial charge in [0.15, 0.2) is 0 Å². The molecule has 0 unspecified atom stereocenters. The number of benzene rings is 8. The van der Waals surface area contributed by atoms with Gasteiger partial charge in [-0.3, -0.25) is 0 Å². The van der Waals surface area contributed by atoms with E-state index in [0.29, 0.717) is 33.4 Å². The Kier molecular flexibility index (Phi) is 8.55. The molecule has 0 bridgehead atoms. The zero-order chi connectivity index (χ0) is 41.4. The van der Waals surface area contributed by atoms with E-state index in [0.717, 1.165) is 72.0 Å². The standard InChI is InChI=1S/C54H38F3N3/c1-32-22-33(2)25-39(24-32)37-17-20-51-45(29-37)41-10-5-7-14-48(41)59(51)50-19-16-36(31-58)28-44(50)43-12-9-13-47(54(55,56)57)53(43)60-49-15-8-6-11-42(49)46-30-38(18-21-52(46)60)40-26-34(3)23-35(4)27-40/h5-30H,1-4H3. The second-order valence-electron chi connectivity index (χ2n) is 16.0. The number of fused-ring (bicyclic) bond motifs is 6. The van der Waals surface area contributed by atoms with Crippen molar-refractivity contribution in [3.63, 3.8) is 0 Å². The topological polar surface area (TPSA) is 33.6 Å². The summed E-state index contributed by atoms with van der Waals surface area (Å²) in [4.78, 5) is 0. The summed E-state index contributed by atoms with van der Waals surface area (Å²) in [5.41, 5.74) is 13.1. The van der Waals surface area contributed by atoms with Gasteiger partial charge in [-0.1, -0.05) is 119 Å². The monoisotopic (exact) mass is 785 g/mol. The van der Waals surface area contributed by atoms with E-state index >= 15 is 13.2 Å².